The summed E-state index contributed by atoms with van der Waals surface area (Å²) < 4.78 is 5.92. The van der Waals surface area contributed by atoms with Gasteiger partial charge >= 0.3 is 0 Å². The van der Waals surface area contributed by atoms with E-state index in [4.69, 9.17) is 27.9 Å². The molecular weight excluding hydrogens is 462 g/mol. The van der Waals surface area contributed by atoms with Gasteiger partial charge in [0.05, 0.1) is 12.6 Å². The molecular formula is C26H28ClN7O. The third-order valence-corrected chi connectivity index (χ3v) is 6.44. The third kappa shape index (κ3) is 4.89. The summed E-state index contributed by atoms with van der Waals surface area (Å²) in [5.74, 6) is 7.31. The van der Waals surface area contributed by atoms with Crippen molar-refractivity contribution in [2.75, 3.05) is 24.6 Å². The second-order valence-corrected chi connectivity index (χ2v) is 8.89. The first-order valence-electron chi connectivity index (χ1n) is 11.6. The molecule has 3 heterocycles. The topological polar surface area (TPSA) is 109 Å². The highest BCUT2D eigenvalue weighted by Crippen LogP contribution is 2.40. The van der Waals surface area contributed by atoms with Crippen molar-refractivity contribution >= 4 is 28.5 Å². The van der Waals surface area contributed by atoms with E-state index in [0.29, 0.717) is 19.1 Å². The van der Waals surface area contributed by atoms with Gasteiger partial charge in [0.1, 0.15) is 5.75 Å². The largest absolute Gasteiger partial charge is 0.494 e. The predicted molar refractivity (Wildman–Crippen MR) is 139 cm³/mol. The van der Waals surface area contributed by atoms with E-state index in [-0.39, 0.29) is 6.04 Å². The smallest absolute Gasteiger partial charge is 0.226 e. The van der Waals surface area contributed by atoms with E-state index in [9.17, 15) is 0 Å². The number of hydrogen-bond acceptors (Lipinski definition) is 7. The maximum Gasteiger partial charge on any atom is 0.226 e. The zero-order valence-corrected chi connectivity index (χ0v) is 20.0. The van der Waals surface area contributed by atoms with Crippen LogP contribution in [-0.4, -0.2) is 39.7 Å². The molecule has 1 atom stereocenters. The van der Waals surface area contributed by atoms with Crippen molar-refractivity contribution in [3.8, 4) is 5.75 Å². The molecule has 9 heteroatoms. The van der Waals surface area contributed by atoms with Crippen LogP contribution in [0.1, 0.15) is 29.3 Å². The third-order valence-electron chi connectivity index (χ3n) is 6.20. The Labute approximate surface area is 209 Å². The van der Waals surface area contributed by atoms with Crippen LogP contribution in [-0.2, 0) is 6.42 Å². The molecule has 0 saturated heterocycles. The van der Waals surface area contributed by atoms with Gasteiger partial charge in [0.2, 0.25) is 5.95 Å². The van der Waals surface area contributed by atoms with Crippen LogP contribution < -0.4 is 21.2 Å². The SMILES string of the molecule is N/C=C\N(N)CCCOc1ccc(C2c3[nH]c4ccc(Cl)cc4c3CCN2c2ncccn2)cc1. The molecule has 0 amide bonds. The van der Waals surface area contributed by atoms with Crippen molar-refractivity contribution in [3.63, 3.8) is 0 Å². The van der Waals surface area contributed by atoms with Gasteiger partial charge in [-0.15, -0.1) is 0 Å². The molecule has 2 aromatic heterocycles. The number of halogens is 1. The highest BCUT2D eigenvalue weighted by atomic mass is 35.5. The van der Waals surface area contributed by atoms with Gasteiger partial charge in [0.15, 0.2) is 0 Å². The van der Waals surface area contributed by atoms with Gasteiger partial charge in [-0.2, -0.15) is 0 Å². The number of aromatic amines is 1. The van der Waals surface area contributed by atoms with Gasteiger partial charge in [-0.1, -0.05) is 23.7 Å². The normalized spacial score (nSPS) is 15.5. The summed E-state index contributed by atoms with van der Waals surface area (Å²) in [7, 11) is 0. The van der Waals surface area contributed by atoms with E-state index in [1.54, 1.807) is 23.6 Å². The fourth-order valence-corrected chi connectivity index (χ4v) is 4.80. The molecule has 0 aliphatic carbocycles. The number of anilines is 1. The molecule has 1 aliphatic heterocycles. The van der Waals surface area contributed by atoms with Crippen molar-refractivity contribution in [3.05, 3.63) is 95.2 Å². The number of hydrazine groups is 1. The number of fused-ring (bicyclic) bond motifs is 3. The van der Waals surface area contributed by atoms with Crippen LogP contribution >= 0.6 is 11.6 Å². The number of hydrogen-bond donors (Lipinski definition) is 3. The summed E-state index contributed by atoms with van der Waals surface area (Å²) in [5.41, 5.74) is 10.00. The van der Waals surface area contributed by atoms with Gasteiger partial charge in [-0.3, -0.25) is 0 Å². The first-order chi connectivity index (χ1) is 17.1. The average molecular weight is 490 g/mol. The van der Waals surface area contributed by atoms with Crippen molar-refractivity contribution in [2.24, 2.45) is 11.6 Å². The van der Waals surface area contributed by atoms with Crippen LogP contribution in [0.25, 0.3) is 10.9 Å². The monoisotopic (exact) mass is 489 g/mol. The molecule has 35 heavy (non-hydrogen) atoms. The fraction of sp³-hybridized carbons (Fsp3) is 0.231. The first-order valence-corrected chi connectivity index (χ1v) is 12.0. The number of benzene rings is 2. The molecule has 2 aromatic carbocycles. The molecule has 0 bridgehead atoms. The van der Waals surface area contributed by atoms with Crippen LogP contribution in [0.15, 0.2) is 73.3 Å². The Kier molecular flexibility index (Phi) is 6.74. The second kappa shape index (κ2) is 10.2. The number of rotatable bonds is 8. The lowest BCUT2D eigenvalue weighted by atomic mass is 9.92. The summed E-state index contributed by atoms with van der Waals surface area (Å²) in [5, 5.41) is 3.45. The van der Waals surface area contributed by atoms with E-state index in [0.717, 1.165) is 46.9 Å². The Morgan fingerprint density at radius 2 is 1.97 bits per heavy atom. The minimum Gasteiger partial charge on any atom is -0.494 e. The van der Waals surface area contributed by atoms with Gasteiger partial charge in [-0.25, -0.2) is 15.8 Å². The number of H-pyrrole nitrogens is 1. The molecule has 0 saturated carbocycles. The molecule has 0 spiro atoms. The minimum absolute atomic E-state index is 0.0600. The van der Waals surface area contributed by atoms with E-state index >= 15 is 0 Å². The lowest BCUT2D eigenvalue weighted by Crippen LogP contribution is -2.37. The van der Waals surface area contributed by atoms with Crippen LogP contribution in [0.2, 0.25) is 5.02 Å². The van der Waals surface area contributed by atoms with Crippen molar-refractivity contribution in [2.45, 2.75) is 18.9 Å². The first kappa shape index (κ1) is 23.0. The Morgan fingerprint density at radius 3 is 2.74 bits per heavy atom. The van der Waals surface area contributed by atoms with Crippen molar-refractivity contribution in [1.82, 2.24) is 20.0 Å². The summed E-state index contributed by atoms with van der Waals surface area (Å²) in [6.45, 7) is 2.02. The molecule has 5 N–H and O–H groups in total. The number of nitrogens with zero attached hydrogens (tertiary/aromatic N) is 4. The van der Waals surface area contributed by atoms with E-state index in [1.165, 1.54) is 17.1 Å². The van der Waals surface area contributed by atoms with Crippen LogP contribution in [0.3, 0.4) is 0 Å². The second-order valence-electron chi connectivity index (χ2n) is 8.45. The zero-order valence-electron chi connectivity index (χ0n) is 19.3. The standard InChI is InChI=1S/C26H28ClN7O/c27-19-5-8-23-22(17-19)21-9-14-34(26-30-11-1-12-31-26)25(24(21)32-23)18-3-6-20(7-4-18)35-16-2-13-33(29)15-10-28/h1,3-8,10-12,15,17,25,32H,2,9,13-14,16,28-29H2/b15-10-. The minimum atomic E-state index is -0.0600. The molecule has 1 unspecified atom stereocenters. The molecule has 1 aliphatic rings. The maximum atomic E-state index is 6.32. The lowest BCUT2D eigenvalue weighted by Gasteiger charge is -2.36. The molecule has 8 nitrogen and oxygen atoms in total. The van der Waals surface area contributed by atoms with E-state index in [1.807, 2.05) is 36.4 Å². The van der Waals surface area contributed by atoms with Crippen molar-refractivity contribution in [1.29, 1.82) is 0 Å². The van der Waals surface area contributed by atoms with E-state index in [2.05, 4.69) is 32.0 Å². The molecule has 0 fully saturated rings. The Bertz CT molecular complexity index is 1310. The van der Waals surface area contributed by atoms with Crippen LogP contribution in [0, 0.1) is 0 Å². The van der Waals surface area contributed by atoms with Crippen molar-refractivity contribution < 1.29 is 4.74 Å². The number of nitrogens with one attached hydrogen (secondary N) is 1. The average Bonchev–Trinajstić information content (AvgIpc) is 3.25. The summed E-state index contributed by atoms with van der Waals surface area (Å²) in [6.07, 6.45) is 8.27. The molecule has 0 radical (unpaired) electrons. The molecule has 180 valence electrons. The molecule has 5 rings (SSSR count). The summed E-state index contributed by atoms with van der Waals surface area (Å²) >= 11 is 6.32. The Balaban J connectivity index is 1.42. The van der Waals surface area contributed by atoms with Gasteiger partial charge in [0.25, 0.3) is 0 Å². The van der Waals surface area contributed by atoms with Crippen LogP contribution in [0.5, 0.6) is 5.75 Å². The highest BCUT2D eigenvalue weighted by molar-refractivity contribution is 6.31. The van der Waals surface area contributed by atoms with Gasteiger partial charge in [-0.05, 0) is 53.9 Å². The summed E-state index contributed by atoms with van der Waals surface area (Å²) in [6, 6.07) is 16.0. The number of ether oxygens (including phenoxy) is 1. The van der Waals surface area contributed by atoms with Crippen LogP contribution in [0.4, 0.5) is 5.95 Å². The number of nitrogens with two attached hydrogens (primary N) is 2. The maximum absolute atomic E-state index is 6.32. The predicted octanol–water partition coefficient (Wildman–Crippen LogP) is 4.14. The number of aromatic nitrogens is 3. The fourth-order valence-electron chi connectivity index (χ4n) is 4.63. The highest BCUT2D eigenvalue weighted by Gasteiger charge is 2.33. The lowest BCUT2D eigenvalue weighted by molar-refractivity contribution is 0.278. The quantitative estimate of drug-likeness (QED) is 0.194. The Hall–Kier alpha value is -3.75. The van der Waals surface area contributed by atoms with Gasteiger partial charge < -0.3 is 25.4 Å². The Morgan fingerprint density at radius 1 is 1.17 bits per heavy atom. The zero-order chi connectivity index (χ0) is 24.2. The summed E-state index contributed by atoms with van der Waals surface area (Å²) in [4.78, 5) is 15.0. The molecule has 4 aromatic rings. The van der Waals surface area contributed by atoms with Gasteiger partial charge in [0, 0.05) is 65.9 Å². The van der Waals surface area contributed by atoms with E-state index < -0.39 is 0 Å².